The molecule has 2 rings (SSSR count). The molecule has 1 aromatic carbocycles. The summed E-state index contributed by atoms with van der Waals surface area (Å²) in [5.41, 5.74) is 4.52. The topological polar surface area (TPSA) is 41.6 Å². The van der Waals surface area contributed by atoms with Gasteiger partial charge in [0, 0.05) is 7.05 Å². The Balaban J connectivity index is 2.77. The van der Waals surface area contributed by atoms with Gasteiger partial charge in [-0.2, -0.15) is 5.26 Å². The molecule has 15 heavy (non-hydrogen) atoms. The normalized spacial score (nSPS) is 10.5. The highest BCUT2D eigenvalue weighted by Crippen LogP contribution is 2.20. The highest BCUT2D eigenvalue weighted by atomic mass is 15.1. The largest absolute Gasteiger partial charge is 0.330 e. The van der Waals surface area contributed by atoms with Crippen molar-refractivity contribution in [2.75, 3.05) is 0 Å². The van der Waals surface area contributed by atoms with Crippen molar-refractivity contribution in [1.29, 1.82) is 5.26 Å². The van der Waals surface area contributed by atoms with Crippen LogP contribution in [0.5, 0.6) is 0 Å². The van der Waals surface area contributed by atoms with Crippen LogP contribution in [0.25, 0.3) is 11.0 Å². The van der Waals surface area contributed by atoms with Crippen LogP contribution >= 0.6 is 0 Å². The molecule has 0 radical (unpaired) electrons. The van der Waals surface area contributed by atoms with Gasteiger partial charge in [0.15, 0.2) is 0 Å². The number of hydrogen-bond donors (Lipinski definition) is 0. The lowest BCUT2D eigenvalue weighted by atomic mass is 10.1. The first-order valence-electron chi connectivity index (χ1n) is 4.93. The van der Waals surface area contributed by atoms with E-state index in [9.17, 15) is 0 Å². The van der Waals surface area contributed by atoms with Gasteiger partial charge in [-0.3, -0.25) is 0 Å². The van der Waals surface area contributed by atoms with Gasteiger partial charge in [-0.05, 0) is 31.0 Å². The van der Waals surface area contributed by atoms with E-state index in [4.69, 9.17) is 5.26 Å². The average molecular weight is 199 g/mol. The first-order valence-corrected chi connectivity index (χ1v) is 4.93. The van der Waals surface area contributed by atoms with Crippen LogP contribution in [-0.4, -0.2) is 9.55 Å². The Labute approximate surface area is 89.0 Å². The third-order valence-electron chi connectivity index (χ3n) is 2.65. The summed E-state index contributed by atoms with van der Waals surface area (Å²) in [7, 11) is 1.96. The fourth-order valence-electron chi connectivity index (χ4n) is 1.91. The molecule has 3 heteroatoms. The maximum absolute atomic E-state index is 8.69. The lowest BCUT2D eigenvalue weighted by Crippen LogP contribution is -1.95. The monoisotopic (exact) mass is 199 g/mol. The summed E-state index contributed by atoms with van der Waals surface area (Å²) in [6.07, 6.45) is 0.365. The second-order valence-electron chi connectivity index (χ2n) is 3.87. The molecule has 0 fully saturated rings. The van der Waals surface area contributed by atoms with Crippen molar-refractivity contribution in [2.45, 2.75) is 20.3 Å². The van der Waals surface area contributed by atoms with Gasteiger partial charge in [-0.1, -0.05) is 6.07 Å². The first-order chi connectivity index (χ1) is 7.13. The first kappa shape index (κ1) is 9.72. The maximum atomic E-state index is 8.69. The average Bonchev–Trinajstić information content (AvgIpc) is 2.47. The smallest absolute Gasteiger partial charge is 0.123 e. The predicted molar refractivity (Wildman–Crippen MR) is 59.5 cm³/mol. The molecule has 0 spiro atoms. The number of benzene rings is 1. The number of aryl methyl sites for hydroxylation is 3. The number of nitriles is 1. The Bertz CT molecular complexity index is 558. The third-order valence-corrected chi connectivity index (χ3v) is 2.65. The Morgan fingerprint density at radius 2 is 2.13 bits per heavy atom. The van der Waals surface area contributed by atoms with Gasteiger partial charge in [0.25, 0.3) is 0 Å². The van der Waals surface area contributed by atoms with Crippen LogP contribution in [0, 0.1) is 25.2 Å². The fraction of sp³-hybridized carbons (Fsp3) is 0.333. The van der Waals surface area contributed by atoms with E-state index in [0.717, 1.165) is 16.9 Å². The Kier molecular flexibility index (Phi) is 2.20. The Morgan fingerprint density at radius 1 is 1.40 bits per heavy atom. The minimum atomic E-state index is 0.365. The van der Waals surface area contributed by atoms with E-state index in [1.54, 1.807) is 0 Å². The van der Waals surface area contributed by atoms with Crippen LogP contribution in [0.4, 0.5) is 0 Å². The van der Waals surface area contributed by atoms with Gasteiger partial charge in [0.1, 0.15) is 5.82 Å². The number of imidazole rings is 1. The summed E-state index contributed by atoms with van der Waals surface area (Å²) in [6.45, 7) is 4.13. The van der Waals surface area contributed by atoms with Gasteiger partial charge < -0.3 is 4.57 Å². The van der Waals surface area contributed by atoms with E-state index in [0.29, 0.717) is 6.42 Å². The van der Waals surface area contributed by atoms with E-state index in [-0.39, 0.29) is 0 Å². The molecule has 0 saturated carbocycles. The van der Waals surface area contributed by atoms with Gasteiger partial charge in [0.05, 0.1) is 23.5 Å². The summed E-state index contributed by atoms with van der Waals surface area (Å²) >= 11 is 0. The van der Waals surface area contributed by atoms with E-state index >= 15 is 0 Å². The molecule has 0 amide bonds. The molecule has 0 saturated heterocycles. The van der Waals surface area contributed by atoms with Crippen molar-refractivity contribution in [1.82, 2.24) is 9.55 Å². The summed E-state index contributed by atoms with van der Waals surface area (Å²) in [6, 6.07) is 6.36. The van der Waals surface area contributed by atoms with Crippen molar-refractivity contribution in [3.8, 4) is 6.07 Å². The Morgan fingerprint density at radius 3 is 2.80 bits per heavy atom. The van der Waals surface area contributed by atoms with Crippen LogP contribution in [0.1, 0.15) is 17.0 Å². The molecule has 0 aliphatic heterocycles. The van der Waals surface area contributed by atoms with Crippen LogP contribution in [0.15, 0.2) is 12.1 Å². The molecular weight excluding hydrogens is 186 g/mol. The lowest BCUT2D eigenvalue weighted by molar-refractivity contribution is 0.857. The zero-order valence-electron chi connectivity index (χ0n) is 9.20. The van der Waals surface area contributed by atoms with E-state index in [1.165, 1.54) is 11.1 Å². The number of hydrogen-bond acceptors (Lipinski definition) is 2. The standard InChI is InChI=1S/C12H13N3/c1-8-6-9(2)12-10(7-8)15(3)11(14-12)4-5-13/h6-7H,4H2,1-3H3. The van der Waals surface area contributed by atoms with Crippen LogP contribution in [0.3, 0.4) is 0 Å². The highest BCUT2D eigenvalue weighted by molar-refractivity contribution is 5.80. The molecule has 1 aromatic heterocycles. The minimum Gasteiger partial charge on any atom is -0.330 e. The van der Waals surface area contributed by atoms with Crippen LogP contribution in [0.2, 0.25) is 0 Å². The molecule has 0 N–H and O–H groups in total. The third kappa shape index (κ3) is 1.48. The molecule has 0 bridgehead atoms. The number of fused-ring (bicyclic) bond motifs is 1. The second kappa shape index (κ2) is 3.39. The summed E-state index contributed by atoms with van der Waals surface area (Å²) in [5.74, 6) is 0.834. The van der Waals surface area contributed by atoms with Crippen molar-refractivity contribution in [2.24, 2.45) is 7.05 Å². The van der Waals surface area contributed by atoms with Gasteiger partial charge in [0.2, 0.25) is 0 Å². The van der Waals surface area contributed by atoms with Gasteiger partial charge >= 0.3 is 0 Å². The van der Waals surface area contributed by atoms with E-state index in [2.05, 4.69) is 37.0 Å². The number of aromatic nitrogens is 2. The summed E-state index contributed by atoms with van der Waals surface area (Å²) in [5, 5.41) is 8.69. The molecule has 0 unspecified atom stereocenters. The molecule has 0 aliphatic carbocycles. The van der Waals surface area contributed by atoms with Gasteiger partial charge in [-0.15, -0.1) is 0 Å². The second-order valence-corrected chi connectivity index (χ2v) is 3.87. The number of rotatable bonds is 1. The van der Waals surface area contributed by atoms with Crippen LogP contribution in [-0.2, 0) is 13.5 Å². The van der Waals surface area contributed by atoms with Crippen molar-refractivity contribution in [3.05, 3.63) is 29.1 Å². The molecular formula is C12H13N3. The zero-order valence-corrected chi connectivity index (χ0v) is 9.20. The Hall–Kier alpha value is -1.82. The predicted octanol–water partition coefficient (Wildman–Crippen LogP) is 2.26. The van der Waals surface area contributed by atoms with E-state index < -0.39 is 0 Å². The maximum Gasteiger partial charge on any atom is 0.123 e. The molecule has 76 valence electrons. The lowest BCUT2D eigenvalue weighted by Gasteiger charge is -2.00. The fourth-order valence-corrected chi connectivity index (χ4v) is 1.91. The quantitative estimate of drug-likeness (QED) is 0.706. The molecule has 0 aliphatic rings. The zero-order chi connectivity index (χ0) is 11.0. The summed E-state index contributed by atoms with van der Waals surface area (Å²) in [4.78, 5) is 4.48. The van der Waals surface area contributed by atoms with Crippen molar-refractivity contribution >= 4 is 11.0 Å². The molecule has 3 nitrogen and oxygen atoms in total. The summed E-state index contributed by atoms with van der Waals surface area (Å²) < 4.78 is 2.00. The number of nitrogens with zero attached hydrogens (tertiary/aromatic N) is 3. The minimum absolute atomic E-state index is 0.365. The van der Waals surface area contributed by atoms with E-state index in [1.807, 2.05) is 11.6 Å². The van der Waals surface area contributed by atoms with Crippen LogP contribution < -0.4 is 0 Å². The highest BCUT2D eigenvalue weighted by Gasteiger charge is 2.09. The molecule has 0 atom stereocenters. The molecule has 1 heterocycles. The van der Waals surface area contributed by atoms with Crippen molar-refractivity contribution < 1.29 is 0 Å². The SMILES string of the molecule is Cc1cc(C)c2nc(CC#N)n(C)c2c1. The van der Waals surface area contributed by atoms with Crippen molar-refractivity contribution in [3.63, 3.8) is 0 Å². The van der Waals surface area contributed by atoms with Gasteiger partial charge in [-0.25, -0.2) is 4.98 Å². The molecule has 2 aromatic rings.